The summed E-state index contributed by atoms with van der Waals surface area (Å²) in [5.74, 6) is 0. The maximum atomic E-state index is 12.8. The molecule has 0 bridgehead atoms. The fourth-order valence-corrected chi connectivity index (χ4v) is 11.2. The molecule has 0 fully saturated rings. The molecule has 7 heteroatoms. The van der Waals surface area contributed by atoms with Gasteiger partial charge in [0.2, 0.25) is 0 Å². The van der Waals surface area contributed by atoms with Gasteiger partial charge in [-0.15, -0.1) is 0 Å². The van der Waals surface area contributed by atoms with Gasteiger partial charge in [-0.25, -0.2) is 0 Å². The molecule has 0 aromatic heterocycles. The summed E-state index contributed by atoms with van der Waals surface area (Å²) < 4.78 is 78.3. The molecule has 0 saturated carbocycles. The van der Waals surface area contributed by atoms with Crippen LogP contribution in [0.25, 0.3) is 0 Å². The van der Waals surface area contributed by atoms with Crippen LogP contribution in [0.1, 0.15) is 11.1 Å². The second-order valence-corrected chi connectivity index (χ2v) is 34.8. The van der Waals surface area contributed by atoms with Crippen molar-refractivity contribution in [1.29, 1.82) is 0 Å². The van der Waals surface area contributed by atoms with Crippen LogP contribution in [-0.2, 0) is 12.4 Å². The summed E-state index contributed by atoms with van der Waals surface area (Å²) in [7, 11) is 0. The molecule has 140 valence electrons. The van der Waals surface area contributed by atoms with Crippen molar-refractivity contribution in [1.82, 2.24) is 0 Å². The number of hydrogen-bond donors (Lipinski definition) is 0. The van der Waals surface area contributed by atoms with Crippen molar-refractivity contribution in [3.63, 3.8) is 0 Å². The number of halogens is 6. The van der Waals surface area contributed by atoms with Crippen LogP contribution in [0.5, 0.6) is 0 Å². The van der Waals surface area contributed by atoms with Gasteiger partial charge in [-0.05, 0) is 0 Å². The molecule has 2 aromatic carbocycles. The Labute approximate surface area is 141 Å². The summed E-state index contributed by atoms with van der Waals surface area (Å²) in [5.41, 5.74) is -1.48. The Morgan fingerprint density at radius 2 is 0.760 bits per heavy atom. The van der Waals surface area contributed by atoms with E-state index in [2.05, 4.69) is 0 Å². The molecule has 0 aliphatic heterocycles. The van der Waals surface area contributed by atoms with E-state index in [0.717, 1.165) is 31.5 Å². The van der Waals surface area contributed by atoms with Gasteiger partial charge in [-0.3, -0.25) is 0 Å². The molecule has 0 nitrogen and oxygen atoms in total. The zero-order valence-electron chi connectivity index (χ0n) is 14.3. The summed E-state index contributed by atoms with van der Waals surface area (Å²) >= 11 is -4.28. The first-order valence-corrected chi connectivity index (χ1v) is 19.0. The number of rotatable bonds is 2. The Kier molecular flexibility index (Phi) is 4.16. The van der Waals surface area contributed by atoms with Gasteiger partial charge < -0.3 is 0 Å². The van der Waals surface area contributed by atoms with Crippen molar-refractivity contribution in [3.05, 3.63) is 59.7 Å². The van der Waals surface area contributed by atoms with Crippen LogP contribution in [0, 0.1) is 0 Å². The molecule has 0 radical (unpaired) electrons. The van der Waals surface area contributed by atoms with E-state index in [0.29, 0.717) is 0 Å². The van der Waals surface area contributed by atoms with Gasteiger partial charge in [-0.2, -0.15) is 0 Å². The van der Waals surface area contributed by atoms with E-state index in [-0.39, 0.29) is 0 Å². The Bertz CT molecular complexity index is 710. The van der Waals surface area contributed by atoms with Gasteiger partial charge in [0.25, 0.3) is 0 Å². The second kappa shape index (κ2) is 5.17. The number of alkyl halides is 6. The normalized spacial score (nSPS) is 16.2. The first-order chi connectivity index (χ1) is 10.9. The average molecular weight is 478 g/mol. The Hall–Kier alpha value is -1.19. The topological polar surface area (TPSA) is 0 Å². The molecule has 0 atom stereocenters. The van der Waals surface area contributed by atoms with E-state index in [9.17, 15) is 26.3 Å². The Balaban J connectivity index is 2.58. The molecular weight excluding hydrogens is 458 g/mol. The molecule has 0 heterocycles. The zero-order chi connectivity index (χ0) is 19.4. The van der Waals surface area contributed by atoms with Crippen molar-refractivity contribution in [2.75, 3.05) is 0 Å². The van der Waals surface area contributed by atoms with Crippen LogP contribution < -0.4 is 7.22 Å². The predicted octanol–water partition coefficient (Wildman–Crippen LogP) is 5.71. The third-order valence-electron chi connectivity index (χ3n) is 4.48. The summed E-state index contributed by atoms with van der Waals surface area (Å²) in [5, 5.41) is 0. The van der Waals surface area contributed by atoms with Crippen LogP contribution >= 0.6 is 0 Å². The molecular formula is C18H20F6Te. The van der Waals surface area contributed by atoms with Crippen LogP contribution in [0.3, 0.4) is 0 Å². The molecule has 0 N–H and O–H groups in total. The fraction of sp³-hybridized carbons (Fsp3) is 0.333. The molecule has 0 aliphatic rings. The maximum absolute atomic E-state index is 12.8. The van der Waals surface area contributed by atoms with E-state index in [1.165, 1.54) is 24.3 Å². The summed E-state index contributed by atoms with van der Waals surface area (Å²) in [6.07, 6.45) is -8.85. The van der Waals surface area contributed by atoms with Crippen LogP contribution in [0.4, 0.5) is 26.3 Å². The van der Waals surface area contributed by atoms with Crippen molar-refractivity contribution in [3.8, 4) is 0 Å². The van der Waals surface area contributed by atoms with Crippen molar-refractivity contribution < 1.29 is 26.3 Å². The average Bonchev–Trinajstić information content (AvgIpc) is 2.45. The van der Waals surface area contributed by atoms with Crippen LogP contribution in [-0.4, -0.2) is 15.4 Å². The summed E-state index contributed by atoms with van der Waals surface area (Å²) in [4.78, 5) is 7.92. The molecule has 0 spiro atoms. The van der Waals surface area contributed by atoms with Gasteiger partial charge in [0.15, 0.2) is 0 Å². The Morgan fingerprint density at radius 1 is 0.520 bits per heavy atom. The minimum absolute atomic E-state index is 0.741. The summed E-state index contributed by atoms with van der Waals surface area (Å²) in [6.45, 7) is 0. The van der Waals surface area contributed by atoms with Gasteiger partial charge >= 0.3 is 141 Å². The SMILES string of the molecule is C[Te](C)(C)(C)(c1ccc(C(F)(F)F)cc1)c1ccc(C(F)(F)F)cc1. The monoisotopic (exact) mass is 480 g/mol. The molecule has 2 aromatic rings. The summed E-state index contributed by atoms with van der Waals surface area (Å²) in [6, 6.07) is 9.93. The van der Waals surface area contributed by atoms with Gasteiger partial charge in [0.1, 0.15) is 0 Å². The van der Waals surface area contributed by atoms with Crippen LogP contribution in [0.2, 0.25) is 19.9 Å². The minimum atomic E-state index is -4.42. The second-order valence-electron chi connectivity index (χ2n) is 8.23. The van der Waals surface area contributed by atoms with Crippen molar-refractivity contribution in [2.24, 2.45) is 0 Å². The molecule has 0 aliphatic carbocycles. The van der Waals surface area contributed by atoms with E-state index >= 15 is 0 Å². The fourth-order valence-electron chi connectivity index (χ4n) is 2.65. The van der Waals surface area contributed by atoms with Crippen LogP contribution in [0.15, 0.2) is 48.5 Å². The molecule has 2 rings (SSSR count). The van der Waals surface area contributed by atoms with Gasteiger partial charge in [0.05, 0.1) is 0 Å². The third kappa shape index (κ3) is 3.83. The van der Waals surface area contributed by atoms with Gasteiger partial charge in [0, 0.05) is 0 Å². The van der Waals surface area contributed by atoms with E-state index in [4.69, 9.17) is 0 Å². The van der Waals surface area contributed by atoms with Gasteiger partial charge in [-0.1, -0.05) is 0 Å². The number of benzene rings is 2. The molecule has 0 amide bonds. The first-order valence-electron chi connectivity index (χ1n) is 7.32. The third-order valence-corrected chi connectivity index (χ3v) is 18.1. The zero-order valence-corrected chi connectivity index (χ0v) is 16.6. The Morgan fingerprint density at radius 3 is 0.960 bits per heavy atom. The first kappa shape index (κ1) is 20.1. The molecule has 25 heavy (non-hydrogen) atoms. The van der Waals surface area contributed by atoms with Crippen molar-refractivity contribution >= 4 is 22.7 Å². The van der Waals surface area contributed by atoms with E-state index in [1.807, 2.05) is 19.9 Å². The quantitative estimate of drug-likeness (QED) is 0.383. The van der Waals surface area contributed by atoms with E-state index in [1.54, 1.807) is 0 Å². The molecule has 0 saturated heterocycles. The standard InChI is InChI=1S/C18H20F6Te/c1-25(2,3,4,15-9-5-13(6-10-15)17(19,20)21)16-11-7-14(8-12-16)18(22,23)24/h5-12H,1-4H3. The van der Waals surface area contributed by atoms with E-state index < -0.39 is 38.9 Å². The number of hydrogen-bond acceptors (Lipinski definition) is 0. The molecule has 0 unspecified atom stereocenters. The predicted molar refractivity (Wildman–Crippen MR) is 91.4 cm³/mol. The van der Waals surface area contributed by atoms with Crippen molar-refractivity contribution in [2.45, 2.75) is 32.2 Å².